The number of benzene rings is 1. The summed E-state index contributed by atoms with van der Waals surface area (Å²) in [6.07, 6.45) is 5.34. The molecule has 0 aliphatic carbocycles. The van der Waals surface area contributed by atoms with E-state index in [1.165, 1.54) is 17.7 Å². The molecule has 2 atom stereocenters. The second kappa shape index (κ2) is 6.52. The van der Waals surface area contributed by atoms with Gasteiger partial charge in [-0.3, -0.25) is 4.90 Å². The molecule has 2 unspecified atom stereocenters. The molecule has 1 aromatic heterocycles. The van der Waals surface area contributed by atoms with Gasteiger partial charge >= 0.3 is 0 Å². The third-order valence-electron chi connectivity index (χ3n) is 5.96. The van der Waals surface area contributed by atoms with Gasteiger partial charge < -0.3 is 14.7 Å². The lowest BCUT2D eigenvalue weighted by Gasteiger charge is -2.36. The van der Waals surface area contributed by atoms with Gasteiger partial charge in [-0.25, -0.2) is 9.97 Å². The first-order chi connectivity index (χ1) is 12.8. The minimum absolute atomic E-state index is 0.363. The maximum atomic E-state index is 10.1. The van der Waals surface area contributed by atoms with Crippen LogP contribution in [0.15, 0.2) is 30.5 Å². The quantitative estimate of drug-likeness (QED) is 0.914. The van der Waals surface area contributed by atoms with Crippen molar-refractivity contribution >= 4 is 5.95 Å². The van der Waals surface area contributed by atoms with Gasteiger partial charge in [-0.05, 0) is 18.9 Å². The van der Waals surface area contributed by atoms with E-state index in [9.17, 15) is 5.11 Å². The predicted octanol–water partition coefficient (Wildman–Crippen LogP) is 2.28. The smallest absolute Gasteiger partial charge is 0.225 e. The number of fused-ring (bicyclic) bond motifs is 4. The van der Waals surface area contributed by atoms with Crippen molar-refractivity contribution in [3.63, 3.8) is 0 Å². The first-order valence-corrected chi connectivity index (χ1v) is 9.51. The van der Waals surface area contributed by atoms with Crippen LogP contribution in [0.25, 0.3) is 0 Å². The molecule has 5 rings (SSSR count). The number of hydrogen-bond acceptors (Lipinski definition) is 6. The molecule has 0 saturated carbocycles. The molecular formula is C20H24N4O2. The summed E-state index contributed by atoms with van der Waals surface area (Å²) < 4.78 is 5.43. The van der Waals surface area contributed by atoms with Gasteiger partial charge in [-0.1, -0.05) is 18.2 Å². The Labute approximate surface area is 153 Å². The Bertz CT molecular complexity index is 806. The van der Waals surface area contributed by atoms with Gasteiger partial charge in [0.05, 0.1) is 18.9 Å². The number of para-hydroxylation sites is 1. The summed E-state index contributed by atoms with van der Waals surface area (Å²) in [6, 6.07) is 8.52. The predicted molar refractivity (Wildman–Crippen MR) is 98.2 cm³/mol. The zero-order valence-corrected chi connectivity index (χ0v) is 14.8. The van der Waals surface area contributed by atoms with Crippen LogP contribution < -0.4 is 4.90 Å². The second-order valence-electron chi connectivity index (χ2n) is 7.42. The summed E-state index contributed by atoms with van der Waals surface area (Å²) in [5.41, 5.74) is 3.48. The van der Waals surface area contributed by atoms with E-state index in [0.29, 0.717) is 17.8 Å². The van der Waals surface area contributed by atoms with E-state index in [0.717, 1.165) is 57.2 Å². The number of ether oxygens (including phenoxy) is 1. The number of nitrogens with zero attached hydrogens (tertiary/aromatic N) is 4. The van der Waals surface area contributed by atoms with Crippen LogP contribution in [-0.2, 0) is 17.7 Å². The molecule has 2 fully saturated rings. The molecule has 26 heavy (non-hydrogen) atoms. The van der Waals surface area contributed by atoms with Crippen LogP contribution in [0.1, 0.15) is 35.7 Å². The van der Waals surface area contributed by atoms with Gasteiger partial charge in [0.15, 0.2) is 0 Å². The van der Waals surface area contributed by atoms with Gasteiger partial charge in [0, 0.05) is 55.5 Å². The number of rotatable bonds is 3. The third-order valence-corrected chi connectivity index (χ3v) is 5.96. The molecule has 1 aromatic carbocycles. The van der Waals surface area contributed by atoms with Gasteiger partial charge in [0.1, 0.15) is 5.75 Å². The summed E-state index contributed by atoms with van der Waals surface area (Å²) in [5, 5.41) is 10.1. The molecule has 3 aliphatic rings. The fourth-order valence-electron chi connectivity index (χ4n) is 4.57. The fourth-order valence-corrected chi connectivity index (χ4v) is 4.57. The number of hydrogen-bond donors (Lipinski definition) is 1. The summed E-state index contributed by atoms with van der Waals surface area (Å²) in [7, 11) is 0. The minimum Gasteiger partial charge on any atom is -0.508 e. The number of phenols is 1. The Morgan fingerprint density at radius 1 is 1.15 bits per heavy atom. The van der Waals surface area contributed by atoms with E-state index < -0.39 is 0 Å². The largest absolute Gasteiger partial charge is 0.508 e. The highest BCUT2D eigenvalue weighted by Crippen LogP contribution is 2.44. The zero-order valence-electron chi connectivity index (χ0n) is 14.8. The van der Waals surface area contributed by atoms with E-state index >= 15 is 0 Å². The maximum Gasteiger partial charge on any atom is 0.225 e. The normalized spacial score (nSPS) is 25.3. The Kier molecular flexibility index (Phi) is 4.02. The highest BCUT2D eigenvalue weighted by molar-refractivity contribution is 5.38. The molecular weight excluding hydrogens is 328 g/mol. The first-order valence-electron chi connectivity index (χ1n) is 9.51. The second-order valence-corrected chi connectivity index (χ2v) is 7.42. The lowest BCUT2D eigenvalue weighted by atomic mass is 9.98. The Morgan fingerprint density at radius 2 is 2.00 bits per heavy atom. The lowest BCUT2D eigenvalue weighted by Crippen LogP contribution is -2.40. The number of morpholine rings is 1. The van der Waals surface area contributed by atoms with Gasteiger partial charge in [0.25, 0.3) is 0 Å². The number of aromatic nitrogens is 2. The SMILES string of the molecule is Oc1ccccc1CN1C2CCC1c1cnc(N3CCOCC3)nc1C2. The van der Waals surface area contributed by atoms with E-state index in [-0.39, 0.29) is 0 Å². The molecule has 136 valence electrons. The van der Waals surface area contributed by atoms with Crippen molar-refractivity contribution in [2.24, 2.45) is 0 Å². The highest BCUT2D eigenvalue weighted by Gasteiger charge is 2.41. The molecule has 4 heterocycles. The summed E-state index contributed by atoms with van der Waals surface area (Å²) in [5.74, 6) is 1.23. The lowest BCUT2D eigenvalue weighted by molar-refractivity contribution is 0.122. The van der Waals surface area contributed by atoms with Crippen LogP contribution in [0.2, 0.25) is 0 Å². The summed E-state index contributed by atoms with van der Waals surface area (Å²) >= 11 is 0. The topological polar surface area (TPSA) is 61.7 Å². The zero-order chi connectivity index (χ0) is 17.5. The molecule has 2 saturated heterocycles. The van der Waals surface area contributed by atoms with Crippen LogP contribution in [0, 0.1) is 0 Å². The Hall–Kier alpha value is -2.18. The van der Waals surface area contributed by atoms with Crippen LogP contribution in [0.5, 0.6) is 5.75 Å². The highest BCUT2D eigenvalue weighted by atomic mass is 16.5. The van der Waals surface area contributed by atoms with Crippen LogP contribution in [0.3, 0.4) is 0 Å². The van der Waals surface area contributed by atoms with Gasteiger partial charge in [0.2, 0.25) is 5.95 Å². The van der Waals surface area contributed by atoms with E-state index in [4.69, 9.17) is 9.72 Å². The standard InChI is InChI=1S/C20H24N4O2/c25-19-4-2-1-3-14(19)13-24-15-5-6-18(24)16-12-21-20(22-17(16)11-15)23-7-9-26-10-8-23/h1-4,12,15,18,25H,5-11,13H2. The van der Waals surface area contributed by atoms with Gasteiger partial charge in [-0.15, -0.1) is 0 Å². The van der Waals surface area contributed by atoms with Crippen LogP contribution >= 0.6 is 0 Å². The Morgan fingerprint density at radius 3 is 2.85 bits per heavy atom. The molecule has 0 amide bonds. The minimum atomic E-state index is 0.363. The monoisotopic (exact) mass is 352 g/mol. The number of aromatic hydroxyl groups is 1. The van der Waals surface area contributed by atoms with E-state index in [2.05, 4.69) is 14.8 Å². The van der Waals surface area contributed by atoms with E-state index in [1.807, 2.05) is 24.4 Å². The summed E-state index contributed by atoms with van der Waals surface area (Å²) in [6.45, 7) is 4.02. The third kappa shape index (κ3) is 2.73. The first kappa shape index (κ1) is 16.0. The molecule has 1 N–H and O–H groups in total. The van der Waals surface area contributed by atoms with Crippen LogP contribution in [-0.4, -0.2) is 52.3 Å². The average molecular weight is 352 g/mol. The molecule has 6 heteroatoms. The molecule has 0 spiro atoms. The van der Waals surface area contributed by atoms with Crippen molar-refractivity contribution in [3.8, 4) is 5.75 Å². The Balaban J connectivity index is 1.41. The average Bonchev–Trinajstić information content (AvgIpc) is 2.96. The van der Waals surface area contributed by atoms with Gasteiger partial charge in [-0.2, -0.15) is 0 Å². The number of anilines is 1. The molecule has 2 bridgehead atoms. The van der Waals surface area contributed by atoms with Crippen LogP contribution in [0.4, 0.5) is 5.95 Å². The van der Waals surface area contributed by atoms with Crippen molar-refractivity contribution in [2.45, 2.75) is 37.9 Å². The molecule has 3 aliphatic heterocycles. The van der Waals surface area contributed by atoms with Crippen molar-refractivity contribution in [1.82, 2.24) is 14.9 Å². The van der Waals surface area contributed by atoms with Crippen molar-refractivity contribution < 1.29 is 9.84 Å². The number of phenolic OH excluding ortho intramolecular Hbond substituents is 1. The van der Waals surface area contributed by atoms with E-state index in [1.54, 1.807) is 6.07 Å². The molecule has 6 nitrogen and oxygen atoms in total. The molecule has 2 aromatic rings. The molecule has 0 radical (unpaired) electrons. The van der Waals surface area contributed by atoms with Crippen molar-refractivity contribution in [3.05, 3.63) is 47.3 Å². The maximum absolute atomic E-state index is 10.1. The fraction of sp³-hybridized carbons (Fsp3) is 0.500. The van der Waals surface area contributed by atoms with Crippen molar-refractivity contribution in [2.75, 3.05) is 31.2 Å². The summed E-state index contributed by atoms with van der Waals surface area (Å²) in [4.78, 5) is 14.3. The van der Waals surface area contributed by atoms with Crippen molar-refractivity contribution in [1.29, 1.82) is 0 Å².